The van der Waals surface area contributed by atoms with E-state index in [1.54, 1.807) is 10.6 Å². The van der Waals surface area contributed by atoms with E-state index in [2.05, 4.69) is 37.2 Å². The van der Waals surface area contributed by atoms with Gasteiger partial charge in [-0.2, -0.15) is 0 Å². The van der Waals surface area contributed by atoms with E-state index in [4.69, 9.17) is 0 Å². The normalized spacial score (nSPS) is 20.8. The van der Waals surface area contributed by atoms with Crippen LogP contribution in [0.15, 0.2) is 26.0 Å². The van der Waals surface area contributed by atoms with Crippen LogP contribution in [0.2, 0.25) is 0 Å². The summed E-state index contributed by atoms with van der Waals surface area (Å²) in [6.07, 6.45) is 4.19. The SMILES string of the molecule is O=c1c(Br)cc(Br)cn1C[C@@H]1CCCN1. The summed E-state index contributed by atoms with van der Waals surface area (Å²) in [6, 6.07) is 2.21. The molecule has 0 saturated carbocycles. The first-order valence-corrected chi connectivity index (χ1v) is 6.54. The molecule has 0 aliphatic carbocycles. The summed E-state index contributed by atoms with van der Waals surface area (Å²) in [7, 11) is 0. The van der Waals surface area contributed by atoms with Crippen molar-refractivity contribution in [2.75, 3.05) is 6.54 Å². The lowest BCUT2D eigenvalue weighted by molar-refractivity contribution is 0.498. The van der Waals surface area contributed by atoms with Gasteiger partial charge in [-0.15, -0.1) is 0 Å². The second kappa shape index (κ2) is 4.80. The van der Waals surface area contributed by atoms with Crippen LogP contribution in [0.4, 0.5) is 0 Å². The van der Waals surface area contributed by atoms with Gasteiger partial charge in [0.15, 0.2) is 0 Å². The molecule has 0 radical (unpaired) electrons. The fourth-order valence-corrected chi connectivity index (χ4v) is 3.11. The van der Waals surface area contributed by atoms with E-state index < -0.39 is 0 Å². The molecule has 1 atom stereocenters. The topological polar surface area (TPSA) is 34.0 Å². The van der Waals surface area contributed by atoms with Gasteiger partial charge in [-0.25, -0.2) is 0 Å². The van der Waals surface area contributed by atoms with Crippen molar-refractivity contribution in [1.82, 2.24) is 9.88 Å². The van der Waals surface area contributed by atoms with Crippen molar-refractivity contribution in [3.05, 3.63) is 31.6 Å². The third-order valence-electron chi connectivity index (χ3n) is 2.59. The third kappa shape index (κ3) is 2.71. The minimum atomic E-state index is 0.0342. The number of hydrogen-bond acceptors (Lipinski definition) is 2. The molecule has 1 saturated heterocycles. The summed E-state index contributed by atoms with van der Waals surface area (Å²) in [5.74, 6) is 0. The molecule has 82 valence electrons. The van der Waals surface area contributed by atoms with Gasteiger partial charge < -0.3 is 9.88 Å². The molecule has 0 unspecified atom stereocenters. The standard InChI is InChI=1S/C10H12Br2N2O/c11-7-4-9(12)10(15)14(5-7)6-8-2-1-3-13-8/h4-5,8,13H,1-3,6H2/t8-/m0/s1. The van der Waals surface area contributed by atoms with Crippen molar-refractivity contribution < 1.29 is 0 Å². The number of pyridine rings is 1. The van der Waals surface area contributed by atoms with Crippen LogP contribution < -0.4 is 10.9 Å². The first-order chi connectivity index (χ1) is 7.16. The molecule has 1 aliphatic heterocycles. The second-order valence-electron chi connectivity index (χ2n) is 3.76. The van der Waals surface area contributed by atoms with Crippen molar-refractivity contribution >= 4 is 31.9 Å². The minimum absolute atomic E-state index is 0.0342. The van der Waals surface area contributed by atoms with Gasteiger partial charge in [0.1, 0.15) is 0 Å². The van der Waals surface area contributed by atoms with E-state index in [0.29, 0.717) is 10.5 Å². The van der Waals surface area contributed by atoms with Crippen LogP contribution in [0.1, 0.15) is 12.8 Å². The molecule has 2 rings (SSSR count). The van der Waals surface area contributed by atoms with Crippen LogP contribution in [0.5, 0.6) is 0 Å². The van der Waals surface area contributed by atoms with Gasteiger partial charge in [-0.05, 0) is 57.3 Å². The van der Waals surface area contributed by atoms with Gasteiger partial charge in [0, 0.05) is 23.3 Å². The number of nitrogens with one attached hydrogen (secondary N) is 1. The molecule has 1 fully saturated rings. The summed E-state index contributed by atoms with van der Waals surface area (Å²) in [4.78, 5) is 11.8. The highest BCUT2D eigenvalue weighted by molar-refractivity contribution is 9.11. The zero-order valence-corrected chi connectivity index (χ0v) is 11.3. The molecule has 0 aromatic carbocycles. The predicted octanol–water partition coefficient (Wildman–Crippen LogP) is 2.13. The van der Waals surface area contributed by atoms with Crippen LogP contribution in [0.3, 0.4) is 0 Å². The van der Waals surface area contributed by atoms with Crippen LogP contribution in [0.25, 0.3) is 0 Å². The highest BCUT2D eigenvalue weighted by Crippen LogP contribution is 2.14. The lowest BCUT2D eigenvalue weighted by Crippen LogP contribution is -2.32. The largest absolute Gasteiger partial charge is 0.312 e. The fourth-order valence-electron chi connectivity index (χ4n) is 1.85. The molecular weight excluding hydrogens is 324 g/mol. The molecule has 3 nitrogen and oxygen atoms in total. The molecule has 0 bridgehead atoms. The summed E-state index contributed by atoms with van der Waals surface area (Å²) in [5.41, 5.74) is 0.0342. The van der Waals surface area contributed by atoms with E-state index in [1.807, 2.05) is 6.20 Å². The van der Waals surface area contributed by atoms with Gasteiger partial charge in [-0.3, -0.25) is 4.79 Å². The average molecular weight is 336 g/mol. The third-order valence-corrected chi connectivity index (χ3v) is 3.59. The summed E-state index contributed by atoms with van der Waals surface area (Å²) >= 11 is 6.65. The lowest BCUT2D eigenvalue weighted by atomic mass is 10.2. The Kier molecular flexibility index (Phi) is 3.64. The maximum Gasteiger partial charge on any atom is 0.264 e. The number of nitrogens with zero attached hydrogens (tertiary/aromatic N) is 1. The Bertz CT molecular complexity index is 410. The second-order valence-corrected chi connectivity index (χ2v) is 5.53. The highest BCUT2D eigenvalue weighted by atomic mass is 79.9. The van der Waals surface area contributed by atoms with Gasteiger partial charge in [0.05, 0.1) is 4.47 Å². The van der Waals surface area contributed by atoms with Crippen LogP contribution >= 0.6 is 31.9 Å². The Morgan fingerprint density at radius 1 is 1.53 bits per heavy atom. The van der Waals surface area contributed by atoms with E-state index in [1.165, 1.54) is 6.42 Å². The summed E-state index contributed by atoms with van der Waals surface area (Å²) in [5, 5.41) is 3.38. The van der Waals surface area contributed by atoms with E-state index in [0.717, 1.165) is 24.0 Å². The van der Waals surface area contributed by atoms with Crippen molar-refractivity contribution in [3.8, 4) is 0 Å². The highest BCUT2D eigenvalue weighted by Gasteiger charge is 2.15. The maximum absolute atomic E-state index is 11.8. The molecule has 1 aromatic rings. The van der Waals surface area contributed by atoms with Gasteiger partial charge in [0.2, 0.25) is 0 Å². The average Bonchev–Trinajstić information content (AvgIpc) is 2.66. The Hall–Kier alpha value is -0.130. The van der Waals surface area contributed by atoms with E-state index in [9.17, 15) is 4.79 Å². The molecule has 1 aromatic heterocycles. The number of aromatic nitrogens is 1. The van der Waals surface area contributed by atoms with Crippen LogP contribution in [0, 0.1) is 0 Å². The van der Waals surface area contributed by atoms with E-state index >= 15 is 0 Å². The first kappa shape index (κ1) is 11.4. The van der Waals surface area contributed by atoms with Crippen molar-refractivity contribution in [3.63, 3.8) is 0 Å². The number of halogens is 2. The Labute approximate surface area is 105 Å². The molecule has 1 aliphatic rings. The van der Waals surface area contributed by atoms with Crippen molar-refractivity contribution in [2.24, 2.45) is 0 Å². The van der Waals surface area contributed by atoms with Gasteiger partial charge in [0.25, 0.3) is 5.56 Å². The van der Waals surface area contributed by atoms with Crippen molar-refractivity contribution in [1.29, 1.82) is 0 Å². The quantitative estimate of drug-likeness (QED) is 0.898. The zero-order chi connectivity index (χ0) is 10.8. The minimum Gasteiger partial charge on any atom is -0.312 e. The molecule has 2 heterocycles. The molecule has 0 amide bonds. The monoisotopic (exact) mass is 334 g/mol. The first-order valence-electron chi connectivity index (χ1n) is 4.95. The molecule has 1 N–H and O–H groups in total. The van der Waals surface area contributed by atoms with Crippen molar-refractivity contribution in [2.45, 2.75) is 25.4 Å². The number of hydrogen-bond donors (Lipinski definition) is 1. The Morgan fingerprint density at radius 3 is 3.00 bits per heavy atom. The maximum atomic E-state index is 11.8. The molecule has 0 spiro atoms. The van der Waals surface area contributed by atoms with Gasteiger partial charge in [-0.1, -0.05) is 0 Å². The molecule has 15 heavy (non-hydrogen) atoms. The number of rotatable bonds is 2. The Morgan fingerprint density at radius 2 is 2.33 bits per heavy atom. The smallest absolute Gasteiger partial charge is 0.264 e. The molecular formula is C10H12Br2N2O. The van der Waals surface area contributed by atoms with Crippen LogP contribution in [-0.4, -0.2) is 17.2 Å². The summed E-state index contributed by atoms with van der Waals surface area (Å²) in [6.45, 7) is 1.81. The van der Waals surface area contributed by atoms with E-state index in [-0.39, 0.29) is 5.56 Å². The predicted molar refractivity (Wildman–Crippen MR) is 67.1 cm³/mol. The Balaban J connectivity index is 2.23. The fraction of sp³-hybridized carbons (Fsp3) is 0.500. The van der Waals surface area contributed by atoms with Gasteiger partial charge >= 0.3 is 0 Å². The lowest BCUT2D eigenvalue weighted by Gasteiger charge is -2.13. The zero-order valence-electron chi connectivity index (χ0n) is 8.17. The van der Waals surface area contributed by atoms with Crippen LogP contribution in [-0.2, 0) is 6.54 Å². The molecule has 5 heteroatoms. The summed E-state index contributed by atoms with van der Waals surface area (Å²) < 4.78 is 3.28.